The summed E-state index contributed by atoms with van der Waals surface area (Å²) >= 11 is 0. The zero-order valence-electron chi connectivity index (χ0n) is 12.7. The molecule has 0 aromatic heterocycles. The summed E-state index contributed by atoms with van der Waals surface area (Å²) in [5, 5.41) is 3.37. The number of fused-ring (bicyclic) bond motifs is 1. The number of amides is 1. The Morgan fingerprint density at radius 3 is 2.90 bits per heavy atom. The lowest BCUT2D eigenvalue weighted by Gasteiger charge is -2.22. The monoisotopic (exact) mass is 274 g/mol. The van der Waals surface area contributed by atoms with E-state index in [1.807, 2.05) is 11.0 Å². The summed E-state index contributed by atoms with van der Waals surface area (Å²) in [7, 11) is 0. The molecule has 0 saturated heterocycles. The molecule has 1 unspecified atom stereocenters. The number of hydrogen-bond donors (Lipinski definition) is 1. The molecule has 1 aromatic rings. The fraction of sp³-hybridized carbons (Fsp3) is 0.588. The van der Waals surface area contributed by atoms with Crippen LogP contribution in [0.5, 0.6) is 0 Å². The maximum atomic E-state index is 12.4. The van der Waals surface area contributed by atoms with Gasteiger partial charge in [-0.1, -0.05) is 38.0 Å². The third kappa shape index (κ3) is 3.60. The Balaban J connectivity index is 1.81. The predicted octanol–water partition coefficient (Wildman–Crippen LogP) is 3.13. The number of nitrogens with zero attached hydrogens (tertiary/aromatic N) is 1. The Kier molecular flexibility index (Phi) is 5.60. The van der Waals surface area contributed by atoms with Gasteiger partial charge in [0.2, 0.25) is 5.91 Å². The summed E-state index contributed by atoms with van der Waals surface area (Å²) < 4.78 is 0. The van der Waals surface area contributed by atoms with E-state index in [0.29, 0.717) is 12.5 Å². The van der Waals surface area contributed by atoms with E-state index in [-0.39, 0.29) is 5.91 Å². The molecule has 3 heteroatoms. The highest BCUT2D eigenvalue weighted by Crippen LogP contribution is 2.32. The molecule has 1 heterocycles. The van der Waals surface area contributed by atoms with Crippen LogP contribution in [0, 0.1) is 0 Å². The minimum absolute atomic E-state index is 0.241. The van der Waals surface area contributed by atoms with E-state index in [9.17, 15) is 4.79 Å². The first kappa shape index (κ1) is 15.0. The van der Waals surface area contributed by atoms with Crippen LogP contribution in [-0.4, -0.2) is 25.0 Å². The number of para-hydroxylation sites is 1. The van der Waals surface area contributed by atoms with Crippen molar-refractivity contribution in [3.8, 4) is 0 Å². The lowest BCUT2D eigenvalue weighted by Crippen LogP contribution is -2.37. The van der Waals surface area contributed by atoms with Gasteiger partial charge in [-0.25, -0.2) is 0 Å². The lowest BCUT2D eigenvalue weighted by atomic mass is 10.1. The fourth-order valence-corrected chi connectivity index (χ4v) is 2.89. The van der Waals surface area contributed by atoms with Crippen LogP contribution in [0.1, 0.15) is 45.1 Å². The van der Waals surface area contributed by atoms with Gasteiger partial charge >= 0.3 is 0 Å². The summed E-state index contributed by atoms with van der Waals surface area (Å²) in [4.78, 5) is 14.4. The number of nitrogens with one attached hydrogen (secondary N) is 1. The van der Waals surface area contributed by atoms with Crippen molar-refractivity contribution in [2.75, 3.05) is 18.0 Å². The molecule has 1 atom stereocenters. The standard InChI is InChI=1S/C17H26N2O/c1-3-4-7-11-18-12-10-17(20)19-14(2)13-15-8-5-6-9-16(15)19/h5-6,8-9,14,18H,3-4,7,10-13H2,1-2H3. The highest BCUT2D eigenvalue weighted by atomic mass is 16.2. The van der Waals surface area contributed by atoms with Crippen LogP contribution in [-0.2, 0) is 11.2 Å². The van der Waals surface area contributed by atoms with Gasteiger partial charge < -0.3 is 10.2 Å². The van der Waals surface area contributed by atoms with Crippen LogP contribution in [0.2, 0.25) is 0 Å². The normalized spacial score (nSPS) is 17.3. The third-order valence-electron chi connectivity index (χ3n) is 3.95. The molecule has 0 aliphatic carbocycles. The van der Waals surface area contributed by atoms with Crippen molar-refractivity contribution in [3.63, 3.8) is 0 Å². The van der Waals surface area contributed by atoms with Gasteiger partial charge in [0.15, 0.2) is 0 Å². The molecule has 0 radical (unpaired) electrons. The average Bonchev–Trinajstić information content (AvgIpc) is 2.78. The van der Waals surface area contributed by atoms with Crippen LogP contribution in [0.3, 0.4) is 0 Å². The van der Waals surface area contributed by atoms with Crippen molar-refractivity contribution in [2.24, 2.45) is 0 Å². The molecule has 1 aliphatic heterocycles. The molecule has 3 nitrogen and oxygen atoms in total. The van der Waals surface area contributed by atoms with Crippen molar-refractivity contribution in [1.82, 2.24) is 5.32 Å². The number of unbranched alkanes of at least 4 members (excludes halogenated alkanes) is 2. The minimum atomic E-state index is 0.241. The first-order chi connectivity index (χ1) is 9.74. The van der Waals surface area contributed by atoms with Crippen LogP contribution in [0.25, 0.3) is 0 Å². The first-order valence-electron chi connectivity index (χ1n) is 7.84. The van der Waals surface area contributed by atoms with Crippen molar-refractivity contribution >= 4 is 11.6 Å². The van der Waals surface area contributed by atoms with Gasteiger partial charge in [0, 0.05) is 24.7 Å². The van der Waals surface area contributed by atoms with E-state index in [1.165, 1.54) is 24.8 Å². The first-order valence-corrected chi connectivity index (χ1v) is 7.84. The second-order valence-electron chi connectivity index (χ2n) is 5.65. The number of carbonyl (C=O) groups is 1. The lowest BCUT2D eigenvalue weighted by molar-refractivity contribution is -0.118. The second-order valence-corrected chi connectivity index (χ2v) is 5.65. The summed E-state index contributed by atoms with van der Waals surface area (Å²) in [6.07, 6.45) is 5.27. The third-order valence-corrected chi connectivity index (χ3v) is 3.95. The fourth-order valence-electron chi connectivity index (χ4n) is 2.89. The zero-order chi connectivity index (χ0) is 14.4. The second kappa shape index (κ2) is 7.44. The molecule has 1 N–H and O–H groups in total. The van der Waals surface area contributed by atoms with Crippen molar-refractivity contribution < 1.29 is 4.79 Å². The van der Waals surface area contributed by atoms with Gasteiger partial charge in [0.1, 0.15) is 0 Å². The maximum Gasteiger partial charge on any atom is 0.228 e. The Labute approximate surface area is 122 Å². The van der Waals surface area contributed by atoms with Gasteiger partial charge in [-0.05, 0) is 37.9 Å². The highest BCUT2D eigenvalue weighted by Gasteiger charge is 2.29. The van der Waals surface area contributed by atoms with E-state index in [2.05, 4.69) is 37.4 Å². The van der Waals surface area contributed by atoms with Crippen molar-refractivity contribution in [1.29, 1.82) is 0 Å². The van der Waals surface area contributed by atoms with Gasteiger partial charge in [-0.2, -0.15) is 0 Å². The SMILES string of the molecule is CCCCCNCCC(=O)N1c2ccccc2CC1C. The van der Waals surface area contributed by atoms with Crippen LogP contribution >= 0.6 is 0 Å². The molecular weight excluding hydrogens is 248 g/mol. The number of anilines is 1. The summed E-state index contributed by atoms with van der Waals surface area (Å²) in [5.74, 6) is 0.241. The molecule has 110 valence electrons. The molecule has 0 fully saturated rings. The quantitative estimate of drug-likeness (QED) is 0.775. The molecule has 0 spiro atoms. The number of hydrogen-bond acceptors (Lipinski definition) is 2. The summed E-state index contributed by atoms with van der Waals surface area (Å²) in [6, 6.07) is 8.54. The maximum absolute atomic E-state index is 12.4. The van der Waals surface area contributed by atoms with Crippen LogP contribution in [0.15, 0.2) is 24.3 Å². The zero-order valence-corrected chi connectivity index (χ0v) is 12.7. The van der Waals surface area contributed by atoms with Crippen molar-refractivity contribution in [3.05, 3.63) is 29.8 Å². The summed E-state index contributed by atoms with van der Waals surface area (Å²) in [6.45, 7) is 6.14. The Morgan fingerprint density at radius 1 is 1.30 bits per heavy atom. The molecule has 0 bridgehead atoms. The van der Waals surface area contributed by atoms with E-state index in [1.54, 1.807) is 0 Å². The van der Waals surface area contributed by atoms with Gasteiger partial charge in [-0.3, -0.25) is 4.79 Å². The number of benzene rings is 1. The van der Waals surface area contributed by atoms with Crippen LogP contribution < -0.4 is 10.2 Å². The van der Waals surface area contributed by atoms with E-state index < -0.39 is 0 Å². The topological polar surface area (TPSA) is 32.3 Å². The largest absolute Gasteiger partial charge is 0.316 e. The number of carbonyl (C=O) groups excluding carboxylic acids is 1. The molecule has 0 saturated carbocycles. The predicted molar refractivity (Wildman–Crippen MR) is 84.1 cm³/mol. The Morgan fingerprint density at radius 2 is 2.10 bits per heavy atom. The molecule has 2 rings (SSSR count). The Bertz CT molecular complexity index is 444. The molecule has 1 aromatic carbocycles. The van der Waals surface area contributed by atoms with E-state index in [0.717, 1.165) is 25.2 Å². The van der Waals surface area contributed by atoms with E-state index in [4.69, 9.17) is 0 Å². The Hall–Kier alpha value is -1.35. The number of rotatable bonds is 7. The smallest absolute Gasteiger partial charge is 0.228 e. The summed E-state index contributed by atoms with van der Waals surface area (Å²) in [5.41, 5.74) is 2.40. The van der Waals surface area contributed by atoms with Gasteiger partial charge in [-0.15, -0.1) is 0 Å². The molecular formula is C17H26N2O. The van der Waals surface area contributed by atoms with E-state index >= 15 is 0 Å². The highest BCUT2D eigenvalue weighted by molar-refractivity contribution is 5.96. The van der Waals surface area contributed by atoms with Gasteiger partial charge in [0.25, 0.3) is 0 Å². The van der Waals surface area contributed by atoms with Crippen LogP contribution in [0.4, 0.5) is 5.69 Å². The molecule has 1 amide bonds. The minimum Gasteiger partial charge on any atom is -0.316 e. The molecule has 1 aliphatic rings. The average molecular weight is 274 g/mol. The van der Waals surface area contributed by atoms with Gasteiger partial charge in [0.05, 0.1) is 0 Å². The van der Waals surface area contributed by atoms with Crippen molar-refractivity contribution in [2.45, 2.75) is 52.0 Å². The molecule has 20 heavy (non-hydrogen) atoms.